The second-order valence-electron chi connectivity index (χ2n) is 11.8. The molecule has 4 aromatic rings. The van der Waals surface area contributed by atoms with Crippen molar-refractivity contribution in [3.63, 3.8) is 0 Å². The van der Waals surface area contributed by atoms with Crippen molar-refractivity contribution < 1.29 is 36.7 Å². The number of carbonyl (C=O) groups excluding carboxylic acids is 3. The smallest absolute Gasteiger partial charge is 0.450 e. The lowest BCUT2D eigenvalue weighted by atomic mass is 9.94. The van der Waals surface area contributed by atoms with E-state index in [0.29, 0.717) is 50.3 Å². The fourth-order valence-corrected chi connectivity index (χ4v) is 6.26. The van der Waals surface area contributed by atoms with E-state index in [-0.39, 0.29) is 30.2 Å². The maximum Gasteiger partial charge on any atom is 0.450 e. The van der Waals surface area contributed by atoms with Gasteiger partial charge in [0.15, 0.2) is 0 Å². The van der Waals surface area contributed by atoms with Crippen molar-refractivity contribution in [1.82, 2.24) is 4.90 Å². The largest absolute Gasteiger partial charge is 0.461 e. The van der Waals surface area contributed by atoms with Gasteiger partial charge in [-0.25, -0.2) is 0 Å². The summed E-state index contributed by atoms with van der Waals surface area (Å²) in [6.07, 6.45) is -2.75. The summed E-state index contributed by atoms with van der Waals surface area (Å²) in [6, 6.07) is 25.6. The highest BCUT2D eigenvalue weighted by molar-refractivity contribution is 6.05. The van der Waals surface area contributed by atoms with Crippen LogP contribution < -0.4 is 10.2 Å². The summed E-state index contributed by atoms with van der Waals surface area (Å²) in [5.41, 5.74) is 1.90. The van der Waals surface area contributed by atoms with E-state index in [0.717, 1.165) is 23.7 Å². The number of benzene rings is 3. The number of nitrogens with zero attached hydrogens (tertiary/aromatic N) is 2. The monoisotopic (exact) mass is 645 g/mol. The molecule has 1 saturated carbocycles. The Bertz CT molecular complexity index is 1700. The summed E-state index contributed by atoms with van der Waals surface area (Å²) >= 11 is 0. The van der Waals surface area contributed by atoms with Crippen molar-refractivity contribution in [2.45, 2.75) is 32.0 Å². The molecule has 2 aliphatic rings. The highest BCUT2D eigenvalue weighted by atomic mass is 19.4. The van der Waals surface area contributed by atoms with E-state index in [4.69, 9.17) is 9.15 Å². The summed E-state index contributed by atoms with van der Waals surface area (Å²) in [7, 11) is 0. The van der Waals surface area contributed by atoms with Crippen molar-refractivity contribution in [1.29, 1.82) is 0 Å². The lowest BCUT2D eigenvalue weighted by molar-refractivity contribution is -0.155. The first-order chi connectivity index (χ1) is 22.7. The topological polar surface area (TPSA) is 92.1 Å². The predicted molar refractivity (Wildman–Crippen MR) is 169 cm³/mol. The third-order valence-corrected chi connectivity index (χ3v) is 8.73. The van der Waals surface area contributed by atoms with Crippen LogP contribution in [0.5, 0.6) is 0 Å². The second kappa shape index (κ2) is 13.7. The molecule has 11 heteroatoms. The Morgan fingerprint density at radius 2 is 1.47 bits per heavy atom. The molecule has 1 saturated heterocycles. The minimum absolute atomic E-state index is 0.0187. The zero-order chi connectivity index (χ0) is 33.0. The Labute approximate surface area is 270 Å². The van der Waals surface area contributed by atoms with Crippen LogP contribution in [0.3, 0.4) is 0 Å². The fourth-order valence-electron chi connectivity index (χ4n) is 6.26. The van der Waals surface area contributed by atoms with Gasteiger partial charge in [0.25, 0.3) is 5.91 Å². The average Bonchev–Trinajstić information content (AvgIpc) is 3.77. The van der Waals surface area contributed by atoms with Crippen LogP contribution in [0.1, 0.15) is 40.9 Å². The van der Waals surface area contributed by atoms with Crippen molar-refractivity contribution in [3.05, 3.63) is 108 Å². The normalized spacial score (nSPS) is 18.2. The Hall–Kier alpha value is -5.06. The van der Waals surface area contributed by atoms with E-state index in [1.807, 2.05) is 35.2 Å². The number of rotatable bonds is 8. The zero-order valence-electron chi connectivity index (χ0n) is 25.5. The number of carbonyl (C=O) groups is 3. The fraction of sp³-hybridized carbons (Fsp3) is 0.306. The van der Waals surface area contributed by atoms with Gasteiger partial charge in [-0.05, 0) is 48.7 Å². The van der Waals surface area contributed by atoms with Gasteiger partial charge in [0, 0.05) is 43.1 Å². The molecular formula is C36H34F3N3O5. The third kappa shape index (κ3) is 7.34. The minimum atomic E-state index is -4.85. The van der Waals surface area contributed by atoms with Crippen LogP contribution in [-0.4, -0.2) is 48.9 Å². The van der Waals surface area contributed by atoms with Crippen molar-refractivity contribution in [3.8, 4) is 11.3 Å². The summed E-state index contributed by atoms with van der Waals surface area (Å²) in [4.78, 5) is 43.2. The van der Waals surface area contributed by atoms with Gasteiger partial charge in [0.05, 0.1) is 17.4 Å². The van der Waals surface area contributed by atoms with E-state index >= 15 is 0 Å². The number of halogens is 3. The molecule has 0 unspecified atom stereocenters. The summed E-state index contributed by atoms with van der Waals surface area (Å²) in [5, 5.41) is 2.54. The molecule has 47 heavy (non-hydrogen) atoms. The lowest BCUT2D eigenvalue weighted by Crippen LogP contribution is -2.51. The van der Waals surface area contributed by atoms with Crippen LogP contribution in [0.4, 0.5) is 24.5 Å². The predicted octanol–water partition coefficient (Wildman–Crippen LogP) is 7.03. The molecule has 1 aromatic heterocycles. The molecule has 2 fully saturated rings. The number of esters is 1. The number of alkyl halides is 3. The van der Waals surface area contributed by atoms with E-state index in [2.05, 4.69) is 10.2 Å². The van der Waals surface area contributed by atoms with Gasteiger partial charge >= 0.3 is 12.1 Å². The molecule has 1 N–H and O–H groups in total. The van der Waals surface area contributed by atoms with Gasteiger partial charge in [0.1, 0.15) is 12.4 Å². The standard InChI is InChI=1S/C36H34F3N3O5/c37-36(38,39)32-30(22-31(47-32)25-10-5-2-6-11-25)33(43)40-26-14-16-27(17-15-26)41-18-20-42(21-19-41)34(44)28-12-7-13-29(28)35(45)46-23-24-8-3-1-4-9-24/h1-6,8-11,14-17,22,28-29H,7,12-13,18-21,23H2,(H,40,43)/t28-,29-/m1/s1. The van der Waals surface area contributed by atoms with E-state index in [1.165, 1.54) is 0 Å². The Morgan fingerprint density at radius 1 is 0.830 bits per heavy atom. The first kappa shape index (κ1) is 31.9. The van der Waals surface area contributed by atoms with E-state index in [9.17, 15) is 27.6 Å². The van der Waals surface area contributed by atoms with Crippen LogP contribution in [-0.2, 0) is 27.1 Å². The van der Waals surface area contributed by atoms with Gasteiger partial charge in [-0.15, -0.1) is 0 Å². The van der Waals surface area contributed by atoms with E-state index < -0.39 is 29.3 Å². The van der Waals surface area contributed by atoms with Crippen molar-refractivity contribution in [2.24, 2.45) is 11.8 Å². The van der Waals surface area contributed by atoms with Crippen molar-refractivity contribution >= 4 is 29.2 Å². The van der Waals surface area contributed by atoms with Gasteiger partial charge in [-0.2, -0.15) is 13.2 Å². The number of piperazine rings is 1. The lowest BCUT2D eigenvalue weighted by Gasteiger charge is -2.37. The first-order valence-corrected chi connectivity index (χ1v) is 15.6. The van der Waals surface area contributed by atoms with Crippen LogP contribution >= 0.6 is 0 Å². The number of hydrogen-bond donors (Lipinski definition) is 1. The molecule has 0 radical (unpaired) electrons. The van der Waals surface area contributed by atoms with Gasteiger partial charge in [-0.3, -0.25) is 14.4 Å². The average molecular weight is 646 g/mol. The Balaban J connectivity index is 1.03. The maximum absolute atomic E-state index is 13.7. The molecule has 3 aromatic carbocycles. The zero-order valence-corrected chi connectivity index (χ0v) is 25.5. The quantitative estimate of drug-likeness (QED) is 0.207. The van der Waals surface area contributed by atoms with Crippen LogP contribution in [0.2, 0.25) is 0 Å². The van der Waals surface area contributed by atoms with Crippen LogP contribution in [0.15, 0.2) is 95.4 Å². The first-order valence-electron chi connectivity index (χ1n) is 15.6. The molecular weight excluding hydrogens is 611 g/mol. The summed E-state index contributed by atoms with van der Waals surface area (Å²) in [6.45, 7) is 2.30. The van der Waals surface area contributed by atoms with Crippen LogP contribution in [0, 0.1) is 11.8 Å². The summed E-state index contributed by atoms with van der Waals surface area (Å²) in [5.74, 6) is -3.51. The molecule has 8 nitrogen and oxygen atoms in total. The molecule has 0 bridgehead atoms. The molecule has 2 atom stereocenters. The molecule has 244 valence electrons. The van der Waals surface area contributed by atoms with Crippen LogP contribution in [0.25, 0.3) is 11.3 Å². The molecule has 1 aliphatic carbocycles. The SMILES string of the molecule is O=C(Nc1ccc(N2CCN(C(=O)[C@@H]3CCC[C@H]3C(=O)OCc3ccccc3)CC2)cc1)c1cc(-c2ccccc2)oc1C(F)(F)F. The number of anilines is 2. The van der Waals surface area contributed by atoms with Gasteiger partial charge in [-0.1, -0.05) is 67.1 Å². The van der Waals surface area contributed by atoms with Crippen molar-refractivity contribution in [2.75, 3.05) is 36.4 Å². The molecule has 6 rings (SSSR count). The highest BCUT2D eigenvalue weighted by Gasteiger charge is 2.42. The number of hydrogen-bond acceptors (Lipinski definition) is 6. The third-order valence-electron chi connectivity index (χ3n) is 8.73. The Kier molecular flexibility index (Phi) is 9.33. The number of ether oxygens (including phenoxy) is 1. The summed E-state index contributed by atoms with van der Waals surface area (Å²) < 4.78 is 51.8. The van der Waals surface area contributed by atoms with Gasteiger partial charge in [0.2, 0.25) is 11.7 Å². The molecule has 0 spiro atoms. The van der Waals surface area contributed by atoms with Gasteiger partial charge < -0.3 is 24.3 Å². The molecule has 1 aliphatic heterocycles. The second-order valence-corrected chi connectivity index (χ2v) is 11.8. The van der Waals surface area contributed by atoms with E-state index in [1.54, 1.807) is 54.6 Å². The highest BCUT2D eigenvalue weighted by Crippen LogP contribution is 2.38. The maximum atomic E-state index is 13.7. The number of nitrogens with one attached hydrogen (secondary N) is 1. The molecule has 2 heterocycles. The minimum Gasteiger partial charge on any atom is -0.461 e. The number of furan rings is 1. The Morgan fingerprint density at radius 3 is 2.13 bits per heavy atom. The number of amides is 2. The molecule has 2 amide bonds.